The number of hydrogen-bond acceptors (Lipinski definition) is 4. The van der Waals surface area contributed by atoms with E-state index in [1.54, 1.807) is 0 Å². The lowest BCUT2D eigenvalue weighted by Gasteiger charge is -2.37. The number of nitrogens with zero attached hydrogens (tertiary/aromatic N) is 1. The second kappa shape index (κ2) is 7.32. The minimum Gasteiger partial charge on any atom is -0.375 e. The maximum absolute atomic E-state index is 6.07. The van der Waals surface area contributed by atoms with Crippen molar-refractivity contribution in [2.75, 3.05) is 38.3 Å². The molecular weight excluding hydrogens is 318 g/mol. The fourth-order valence-corrected chi connectivity index (χ4v) is 3.53. The molecule has 2 aliphatic heterocycles. The van der Waals surface area contributed by atoms with Gasteiger partial charge in [0.25, 0.3) is 0 Å². The molecule has 0 radical (unpaired) electrons. The largest absolute Gasteiger partial charge is 0.375 e. The maximum Gasteiger partial charge on any atom is 0.197 e. The van der Waals surface area contributed by atoms with Crippen molar-refractivity contribution in [3.05, 3.63) is 29.8 Å². The van der Waals surface area contributed by atoms with E-state index in [1.165, 1.54) is 5.56 Å². The van der Waals surface area contributed by atoms with Crippen LogP contribution in [0.5, 0.6) is 0 Å². The molecule has 0 aliphatic carbocycles. The summed E-state index contributed by atoms with van der Waals surface area (Å²) in [5, 5.41) is 3.15. The van der Waals surface area contributed by atoms with Crippen LogP contribution in [0.15, 0.2) is 29.3 Å². The molecule has 0 aromatic heterocycles. The number of guanidine groups is 1. The van der Waals surface area contributed by atoms with Crippen molar-refractivity contribution in [1.82, 2.24) is 0 Å². The normalized spacial score (nSPS) is 23.3. The van der Waals surface area contributed by atoms with Crippen LogP contribution in [0.3, 0.4) is 0 Å². The van der Waals surface area contributed by atoms with E-state index < -0.39 is 5.79 Å². The Labute approximate surface area is 149 Å². The first-order valence-corrected chi connectivity index (χ1v) is 8.97. The smallest absolute Gasteiger partial charge is 0.197 e. The van der Waals surface area contributed by atoms with E-state index in [0.29, 0.717) is 38.9 Å². The first kappa shape index (κ1) is 18.2. The number of nitrogens with two attached hydrogens (primary N) is 1. The molecule has 1 aromatic carbocycles. The maximum atomic E-state index is 6.07. The molecule has 1 atom stereocenters. The molecule has 138 valence electrons. The van der Waals surface area contributed by atoms with Crippen molar-refractivity contribution < 1.29 is 14.2 Å². The van der Waals surface area contributed by atoms with Crippen LogP contribution in [-0.2, 0) is 20.6 Å². The summed E-state index contributed by atoms with van der Waals surface area (Å²) in [5.74, 6) is -0.0709. The summed E-state index contributed by atoms with van der Waals surface area (Å²) in [6, 6.07) is 8.22. The highest BCUT2D eigenvalue weighted by Gasteiger charge is 2.55. The van der Waals surface area contributed by atoms with Crippen molar-refractivity contribution in [3.63, 3.8) is 0 Å². The highest BCUT2D eigenvalue weighted by Crippen LogP contribution is 2.44. The van der Waals surface area contributed by atoms with Gasteiger partial charge in [-0.3, -0.25) is 4.99 Å². The third-order valence-corrected chi connectivity index (χ3v) is 5.13. The van der Waals surface area contributed by atoms with Crippen LogP contribution in [0.1, 0.15) is 26.3 Å². The third kappa shape index (κ3) is 3.97. The average Bonchev–Trinajstić information content (AvgIpc) is 3.25. The van der Waals surface area contributed by atoms with Gasteiger partial charge in [0.05, 0.1) is 19.8 Å². The number of hydrogen-bond donors (Lipinski definition) is 2. The lowest BCUT2D eigenvalue weighted by molar-refractivity contribution is -0.196. The minimum atomic E-state index is -0.614. The molecule has 0 amide bonds. The molecule has 6 nitrogen and oxygen atoms in total. The molecule has 2 heterocycles. The van der Waals surface area contributed by atoms with E-state index in [1.807, 2.05) is 12.1 Å². The number of benzene rings is 1. The average molecular weight is 347 g/mol. The van der Waals surface area contributed by atoms with Crippen LogP contribution in [0.25, 0.3) is 0 Å². The van der Waals surface area contributed by atoms with E-state index in [-0.39, 0.29) is 11.3 Å². The van der Waals surface area contributed by atoms with Crippen LogP contribution in [0.4, 0.5) is 5.69 Å². The summed E-state index contributed by atoms with van der Waals surface area (Å²) in [4.78, 5) is 4.55. The van der Waals surface area contributed by atoms with E-state index >= 15 is 0 Å². The van der Waals surface area contributed by atoms with Gasteiger partial charge in [-0.15, -0.1) is 0 Å². The molecule has 3 rings (SSSR count). The highest BCUT2D eigenvalue weighted by atomic mass is 16.8. The number of ether oxygens (including phenoxy) is 3. The summed E-state index contributed by atoms with van der Waals surface area (Å²) in [7, 11) is 0. The monoisotopic (exact) mass is 347 g/mol. The lowest BCUT2D eigenvalue weighted by Crippen LogP contribution is -2.47. The number of aliphatic imine (C=N–C) groups is 1. The first-order valence-electron chi connectivity index (χ1n) is 8.97. The lowest BCUT2D eigenvalue weighted by atomic mass is 9.75. The third-order valence-electron chi connectivity index (χ3n) is 5.13. The predicted octanol–water partition coefficient (Wildman–Crippen LogP) is 2.39. The van der Waals surface area contributed by atoms with Gasteiger partial charge in [0.2, 0.25) is 0 Å². The Kier molecular flexibility index (Phi) is 5.32. The van der Waals surface area contributed by atoms with Crippen LogP contribution in [-0.4, -0.2) is 44.7 Å². The van der Waals surface area contributed by atoms with Crippen LogP contribution >= 0.6 is 0 Å². The zero-order valence-electron chi connectivity index (χ0n) is 15.4. The molecule has 3 N–H and O–H groups in total. The molecule has 1 spiro atoms. The molecule has 1 aromatic rings. The Morgan fingerprint density at radius 2 is 1.96 bits per heavy atom. The number of anilines is 1. The van der Waals surface area contributed by atoms with Gasteiger partial charge in [0.15, 0.2) is 11.7 Å². The molecular formula is C19H29N3O3. The van der Waals surface area contributed by atoms with Gasteiger partial charge in [0.1, 0.15) is 6.61 Å². The van der Waals surface area contributed by atoms with Crippen molar-refractivity contribution in [3.8, 4) is 0 Å². The van der Waals surface area contributed by atoms with Crippen molar-refractivity contribution in [2.45, 2.75) is 33.0 Å². The summed E-state index contributed by atoms with van der Waals surface area (Å²) in [5.41, 5.74) is 8.16. The fraction of sp³-hybridized carbons (Fsp3) is 0.632. The summed E-state index contributed by atoms with van der Waals surface area (Å²) in [6.07, 6.45) is 1.02. The quantitative estimate of drug-likeness (QED) is 0.632. The van der Waals surface area contributed by atoms with Crippen LogP contribution in [0.2, 0.25) is 0 Å². The Morgan fingerprint density at radius 3 is 2.60 bits per heavy atom. The van der Waals surface area contributed by atoms with Crippen molar-refractivity contribution in [2.24, 2.45) is 22.1 Å². The molecule has 2 aliphatic rings. The predicted molar refractivity (Wildman–Crippen MR) is 98.7 cm³/mol. The van der Waals surface area contributed by atoms with Gasteiger partial charge in [-0.2, -0.15) is 0 Å². The molecule has 0 saturated carbocycles. The Balaban J connectivity index is 1.62. The number of nitrogens with one attached hydrogen (secondary N) is 1. The van der Waals surface area contributed by atoms with Crippen LogP contribution in [0, 0.1) is 11.3 Å². The Morgan fingerprint density at radius 1 is 1.28 bits per heavy atom. The van der Waals surface area contributed by atoms with Gasteiger partial charge < -0.3 is 25.3 Å². The van der Waals surface area contributed by atoms with Gasteiger partial charge in [-0.05, 0) is 29.5 Å². The second-order valence-corrected chi connectivity index (χ2v) is 7.44. The van der Waals surface area contributed by atoms with Crippen LogP contribution < -0.4 is 11.1 Å². The van der Waals surface area contributed by atoms with Gasteiger partial charge in [-0.1, -0.05) is 32.9 Å². The number of aryl methyl sites for hydroxylation is 1. The zero-order valence-corrected chi connectivity index (χ0v) is 15.4. The van der Waals surface area contributed by atoms with Gasteiger partial charge in [0, 0.05) is 18.2 Å². The molecule has 2 fully saturated rings. The topological polar surface area (TPSA) is 78.1 Å². The molecule has 25 heavy (non-hydrogen) atoms. The van der Waals surface area contributed by atoms with Gasteiger partial charge >= 0.3 is 0 Å². The zero-order chi connectivity index (χ0) is 17.9. The second-order valence-electron chi connectivity index (χ2n) is 7.44. The molecule has 0 bridgehead atoms. The Bertz CT molecular complexity index is 601. The Hall–Kier alpha value is -1.63. The van der Waals surface area contributed by atoms with E-state index in [9.17, 15) is 0 Å². The standard InChI is InChI=1S/C19H29N3O3/c1-4-14-5-7-15(8-6-14)22-17(20)21-12-18(2,3)16-11-23-13-19(16)24-9-10-25-19/h5-8,16H,4,9-13H2,1-3H3,(H3,20,21,22). The SMILES string of the molecule is CCc1ccc(NC(N)=NCC(C)(C)C2COCC23OCCO3)cc1. The molecule has 1 unspecified atom stereocenters. The minimum absolute atomic E-state index is 0.128. The van der Waals surface area contributed by atoms with E-state index in [0.717, 1.165) is 12.1 Å². The first-order chi connectivity index (χ1) is 12.0. The summed E-state index contributed by atoms with van der Waals surface area (Å²) < 4.78 is 17.4. The highest BCUT2D eigenvalue weighted by molar-refractivity contribution is 5.92. The van der Waals surface area contributed by atoms with Crippen molar-refractivity contribution in [1.29, 1.82) is 0 Å². The number of rotatable bonds is 5. The molecule has 6 heteroatoms. The summed E-state index contributed by atoms with van der Waals surface area (Å²) in [6.45, 7) is 9.38. The fourth-order valence-electron chi connectivity index (χ4n) is 3.53. The summed E-state index contributed by atoms with van der Waals surface area (Å²) >= 11 is 0. The van der Waals surface area contributed by atoms with E-state index in [2.05, 4.69) is 43.2 Å². The molecule has 2 saturated heterocycles. The van der Waals surface area contributed by atoms with Gasteiger partial charge in [-0.25, -0.2) is 0 Å². The van der Waals surface area contributed by atoms with E-state index in [4.69, 9.17) is 19.9 Å². The van der Waals surface area contributed by atoms with Crippen molar-refractivity contribution >= 4 is 11.6 Å².